The van der Waals surface area contributed by atoms with Gasteiger partial charge in [-0.2, -0.15) is 4.98 Å². The number of nitrogens with zero attached hydrogens (tertiary/aromatic N) is 3. The molecule has 2 heterocycles. The van der Waals surface area contributed by atoms with Gasteiger partial charge in [-0.15, -0.1) is 0 Å². The highest BCUT2D eigenvalue weighted by molar-refractivity contribution is 5.55. The number of aromatic nitrogens is 2. The molecule has 0 radical (unpaired) electrons. The van der Waals surface area contributed by atoms with E-state index < -0.39 is 0 Å². The predicted octanol–water partition coefficient (Wildman–Crippen LogP) is 4.10. The maximum absolute atomic E-state index is 5.52. The van der Waals surface area contributed by atoms with Gasteiger partial charge in [-0.05, 0) is 61.3 Å². The zero-order valence-electron chi connectivity index (χ0n) is 16.9. The molecule has 0 N–H and O–H groups in total. The van der Waals surface area contributed by atoms with Crippen LogP contribution >= 0.6 is 0 Å². The fourth-order valence-corrected chi connectivity index (χ4v) is 3.80. The van der Waals surface area contributed by atoms with Crippen LogP contribution in [0.2, 0.25) is 0 Å². The number of hydrogen-bond acceptors (Lipinski definition) is 7. The van der Waals surface area contributed by atoms with Gasteiger partial charge in [-0.3, -0.25) is 4.90 Å². The minimum Gasteiger partial charge on any atom is -0.497 e. The number of benzene rings is 2. The van der Waals surface area contributed by atoms with Crippen molar-refractivity contribution in [3.05, 3.63) is 53.9 Å². The van der Waals surface area contributed by atoms with Crippen molar-refractivity contribution in [3.8, 4) is 28.6 Å². The van der Waals surface area contributed by atoms with Crippen molar-refractivity contribution in [1.82, 2.24) is 15.0 Å². The Bertz CT molecular complexity index is 955. The minimum absolute atomic E-state index is 0.283. The molecular weight excluding hydrogens is 370 g/mol. The summed E-state index contributed by atoms with van der Waals surface area (Å²) < 4.78 is 21.5. The summed E-state index contributed by atoms with van der Waals surface area (Å²) in [5.41, 5.74) is 2.11. The zero-order valence-corrected chi connectivity index (χ0v) is 16.9. The van der Waals surface area contributed by atoms with Gasteiger partial charge in [-0.25, -0.2) is 0 Å². The Hall–Kier alpha value is -3.06. The summed E-state index contributed by atoms with van der Waals surface area (Å²) in [7, 11) is 4.95. The van der Waals surface area contributed by atoms with Crippen molar-refractivity contribution in [2.75, 3.05) is 27.9 Å². The zero-order chi connectivity index (χ0) is 20.2. The van der Waals surface area contributed by atoms with E-state index in [0.717, 1.165) is 42.2 Å². The van der Waals surface area contributed by atoms with Crippen molar-refractivity contribution < 1.29 is 18.7 Å². The highest BCUT2D eigenvalue weighted by Gasteiger charge is 2.28. The standard InChI is InChI=1S/C22H25N3O4/c1-26-17-9-6-15(7-10-17)22-23-21(29-24-22)14-25-12-4-5-18(25)16-8-11-19(27-2)20(13-16)28-3/h6-11,13,18H,4-5,12,14H2,1-3H3. The molecule has 3 aromatic rings. The molecule has 7 nitrogen and oxygen atoms in total. The van der Waals surface area contributed by atoms with E-state index in [-0.39, 0.29) is 6.04 Å². The quantitative estimate of drug-likeness (QED) is 0.596. The lowest BCUT2D eigenvalue weighted by Crippen LogP contribution is -2.23. The van der Waals surface area contributed by atoms with Crippen LogP contribution in [0.4, 0.5) is 0 Å². The van der Waals surface area contributed by atoms with Gasteiger partial charge in [0.25, 0.3) is 0 Å². The summed E-state index contributed by atoms with van der Waals surface area (Å²) in [6.45, 7) is 1.60. The van der Waals surface area contributed by atoms with Gasteiger partial charge >= 0.3 is 0 Å². The average Bonchev–Trinajstić information content (AvgIpc) is 3.43. The third-order valence-corrected chi connectivity index (χ3v) is 5.31. The number of methoxy groups -OCH3 is 3. The molecule has 0 amide bonds. The molecule has 0 spiro atoms. The number of ether oxygens (including phenoxy) is 3. The molecule has 1 atom stereocenters. The highest BCUT2D eigenvalue weighted by atomic mass is 16.5. The normalized spacial score (nSPS) is 16.7. The van der Waals surface area contributed by atoms with Crippen molar-refractivity contribution in [1.29, 1.82) is 0 Å². The molecule has 1 saturated heterocycles. The van der Waals surface area contributed by atoms with Crippen LogP contribution in [0.15, 0.2) is 47.0 Å². The average molecular weight is 395 g/mol. The number of likely N-dealkylation sites (tertiary alicyclic amines) is 1. The van der Waals surface area contributed by atoms with Gasteiger partial charge in [0.1, 0.15) is 5.75 Å². The second-order valence-corrected chi connectivity index (χ2v) is 6.98. The highest BCUT2D eigenvalue weighted by Crippen LogP contribution is 2.37. The van der Waals surface area contributed by atoms with Gasteiger partial charge in [-0.1, -0.05) is 11.2 Å². The predicted molar refractivity (Wildman–Crippen MR) is 108 cm³/mol. The lowest BCUT2D eigenvalue weighted by Gasteiger charge is -2.23. The Morgan fingerprint density at radius 2 is 1.79 bits per heavy atom. The smallest absolute Gasteiger partial charge is 0.241 e. The second-order valence-electron chi connectivity index (χ2n) is 6.98. The molecule has 2 aromatic carbocycles. The Balaban J connectivity index is 1.49. The Kier molecular flexibility index (Phi) is 5.67. The first-order valence-corrected chi connectivity index (χ1v) is 9.65. The van der Waals surface area contributed by atoms with Gasteiger partial charge in [0.2, 0.25) is 11.7 Å². The van der Waals surface area contributed by atoms with E-state index in [1.807, 2.05) is 30.3 Å². The minimum atomic E-state index is 0.283. The van der Waals surface area contributed by atoms with Crippen LogP contribution in [0.25, 0.3) is 11.4 Å². The third-order valence-electron chi connectivity index (χ3n) is 5.31. The van der Waals surface area contributed by atoms with E-state index in [0.29, 0.717) is 18.3 Å². The molecule has 1 unspecified atom stereocenters. The summed E-state index contributed by atoms with van der Waals surface area (Å²) in [6.07, 6.45) is 2.20. The summed E-state index contributed by atoms with van der Waals surface area (Å²) in [5.74, 6) is 3.48. The lowest BCUT2D eigenvalue weighted by molar-refractivity contribution is 0.212. The van der Waals surface area contributed by atoms with Crippen LogP contribution in [0.5, 0.6) is 17.2 Å². The summed E-state index contributed by atoms with van der Waals surface area (Å²) >= 11 is 0. The van der Waals surface area contributed by atoms with E-state index >= 15 is 0 Å². The Morgan fingerprint density at radius 3 is 2.52 bits per heavy atom. The van der Waals surface area contributed by atoms with Crippen LogP contribution in [-0.2, 0) is 6.54 Å². The van der Waals surface area contributed by atoms with E-state index in [4.69, 9.17) is 18.7 Å². The molecule has 1 aliphatic heterocycles. The molecule has 152 valence electrons. The van der Waals surface area contributed by atoms with Gasteiger partial charge in [0.15, 0.2) is 11.5 Å². The molecule has 0 bridgehead atoms. The van der Waals surface area contributed by atoms with Crippen LogP contribution in [0, 0.1) is 0 Å². The number of hydrogen-bond donors (Lipinski definition) is 0. The van der Waals surface area contributed by atoms with E-state index in [9.17, 15) is 0 Å². The fraction of sp³-hybridized carbons (Fsp3) is 0.364. The first-order valence-electron chi connectivity index (χ1n) is 9.65. The van der Waals surface area contributed by atoms with Crippen LogP contribution in [0.1, 0.15) is 30.3 Å². The summed E-state index contributed by atoms with van der Waals surface area (Å²) in [5, 5.41) is 4.14. The SMILES string of the molecule is COc1ccc(-c2noc(CN3CCCC3c3ccc(OC)c(OC)c3)n2)cc1. The van der Waals surface area contributed by atoms with Gasteiger partial charge in [0.05, 0.1) is 27.9 Å². The fourth-order valence-electron chi connectivity index (χ4n) is 3.80. The Labute approximate surface area is 170 Å². The molecular formula is C22H25N3O4. The monoisotopic (exact) mass is 395 g/mol. The second kappa shape index (κ2) is 8.53. The third kappa shape index (κ3) is 4.05. The number of rotatable bonds is 7. The van der Waals surface area contributed by atoms with Gasteiger partial charge < -0.3 is 18.7 Å². The van der Waals surface area contributed by atoms with Crippen LogP contribution in [0.3, 0.4) is 0 Å². The first kappa shape index (κ1) is 19.3. The molecule has 1 fully saturated rings. The van der Waals surface area contributed by atoms with Crippen LogP contribution < -0.4 is 14.2 Å². The van der Waals surface area contributed by atoms with Gasteiger partial charge in [0, 0.05) is 11.6 Å². The molecule has 0 aliphatic carbocycles. The molecule has 7 heteroatoms. The first-order chi connectivity index (χ1) is 14.2. The summed E-state index contributed by atoms with van der Waals surface area (Å²) in [6, 6.07) is 14.0. The Morgan fingerprint density at radius 1 is 1.00 bits per heavy atom. The molecule has 1 aliphatic rings. The van der Waals surface area contributed by atoms with E-state index in [1.165, 1.54) is 5.56 Å². The maximum atomic E-state index is 5.52. The van der Waals surface area contributed by atoms with Crippen molar-refractivity contribution in [3.63, 3.8) is 0 Å². The van der Waals surface area contributed by atoms with Crippen molar-refractivity contribution in [2.45, 2.75) is 25.4 Å². The molecule has 29 heavy (non-hydrogen) atoms. The lowest BCUT2D eigenvalue weighted by atomic mass is 10.0. The molecule has 0 saturated carbocycles. The van der Waals surface area contributed by atoms with Crippen molar-refractivity contribution in [2.24, 2.45) is 0 Å². The van der Waals surface area contributed by atoms with Crippen molar-refractivity contribution >= 4 is 0 Å². The van der Waals surface area contributed by atoms with E-state index in [2.05, 4.69) is 27.2 Å². The topological polar surface area (TPSA) is 69.9 Å². The largest absolute Gasteiger partial charge is 0.497 e. The summed E-state index contributed by atoms with van der Waals surface area (Å²) in [4.78, 5) is 6.95. The van der Waals surface area contributed by atoms with E-state index in [1.54, 1.807) is 21.3 Å². The maximum Gasteiger partial charge on any atom is 0.241 e. The van der Waals surface area contributed by atoms with Crippen LogP contribution in [-0.4, -0.2) is 42.9 Å². The molecule has 1 aromatic heterocycles. The molecule has 4 rings (SSSR count).